The van der Waals surface area contributed by atoms with Crippen molar-refractivity contribution in [2.45, 2.75) is 25.9 Å². The third kappa shape index (κ3) is 3.56. The largest absolute Gasteiger partial charge is 0.351 e. The summed E-state index contributed by atoms with van der Waals surface area (Å²) in [4.78, 5) is 6.66. The zero-order valence-electron chi connectivity index (χ0n) is 17.9. The number of thiocarbonyl (C=S) groups is 1. The van der Waals surface area contributed by atoms with Gasteiger partial charge in [0.1, 0.15) is 11.9 Å². The highest BCUT2D eigenvalue weighted by atomic mass is 32.1. The van der Waals surface area contributed by atoms with Gasteiger partial charge in [-0.15, -0.1) is 0 Å². The van der Waals surface area contributed by atoms with Crippen LogP contribution in [0.1, 0.15) is 34.6 Å². The highest BCUT2D eigenvalue weighted by Crippen LogP contribution is 2.42. The lowest BCUT2D eigenvalue weighted by Crippen LogP contribution is -2.30. The van der Waals surface area contributed by atoms with E-state index in [-0.39, 0.29) is 17.9 Å². The highest BCUT2D eigenvalue weighted by Gasteiger charge is 2.42. The average Bonchev–Trinajstić information content (AvgIpc) is 3.41. The number of nitrogens with zero attached hydrogens (tertiary/aromatic N) is 3. The third-order valence-electron chi connectivity index (χ3n) is 6.05. The Hall–Kier alpha value is -3.51. The van der Waals surface area contributed by atoms with Crippen molar-refractivity contribution < 1.29 is 4.39 Å². The van der Waals surface area contributed by atoms with E-state index in [9.17, 15) is 4.39 Å². The van der Waals surface area contributed by atoms with Crippen LogP contribution in [0.4, 0.5) is 10.1 Å². The first kappa shape index (κ1) is 20.4. The van der Waals surface area contributed by atoms with Crippen molar-refractivity contribution in [3.63, 3.8) is 0 Å². The second kappa shape index (κ2) is 8.20. The molecule has 6 heteroatoms. The molecule has 2 aromatic heterocycles. The Morgan fingerprint density at radius 1 is 0.906 bits per heavy atom. The van der Waals surface area contributed by atoms with E-state index in [2.05, 4.69) is 64.1 Å². The average molecular weight is 443 g/mol. The fourth-order valence-corrected chi connectivity index (χ4v) is 4.63. The molecule has 0 spiro atoms. The van der Waals surface area contributed by atoms with Gasteiger partial charge in [0.15, 0.2) is 5.11 Å². The van der Waals surface area contributed by atoms with E-state index >= 15 is 0 Å². The van der Waals surface area contributed by atoms with Crippen LogP contribution in [0.5, 0.6) is 0 Å². The molecule has 2 atom stereocenters. The van der Waals surface area contributed by atoms with E-state index in [1.165, 1.54) is 23.3 Å². The SMILES string of the molecule is Cc1ccc(-n2cccc2[C@H]2[C@@H](c3ccccn3)NC(=S)N2c2ccc(F)cc2)cc1C. The van der Waals surface area contributed by atoms with Gasteiger partial charge in [0, 0.05) is 29.5 Å². The third-order valence-corrected chi connectivity index (χ3v) is 6.37. The van der Waals surface area contributed by atoms with Crippen LogP contribution in [0.2, 0.25) is 0 Å². The maximum atomic E-state index is 13.7. The molecule has 3 heterocycles. The minimum Gasteiger partial charge on any atom is -0.351 e. The molecule has 4 aromatic rings. The molecule has 4 nitrogen and oxygen atoms in total. The molecule has 2 aromatic carbocycles. The van der Waals surface area contributed by atoms with Crippen LogP contribution < -0.4 is 10.2 Å². The summed E-state index contributed by atoms with van der Waals surface area (Å²) in [7, 11) is 0. The predicted molar refractivity (Wildman–Crippen MR) is 130 cm³/mol. The Morgan fingerprint density at radius 2 is 1.69 bits per heavy atom. The zero-order chi connectivity index (χ0) is 22.2. The van der Waals surface area contributed by atoms with Gasteiger partial charge in [0.2, 0.25) is 0 Å². The van der Waals surface area contributed by atoms with Crippen molar-refractivity contribution in [2.75, 3.05) is 4.90 Å². The van der Waals surface area contributed by atoms with Crippen molar-refractivity contribution in [3.05, 3.63) is 114 Å². The standard InChI is InChI=1S/C26H23FN4S/c1-17-8-11-21(16-18(17)2)30-15-5-7-23(30)25-24(22-6-3-4-14-28-22)29-26(32)31(25)20-12-9-19(27)10-13-20/h3-16,24-25H,1-2H3,(H,29,32)/t24-,25+/m1/s1. The summed E-state index contributed by atoms with van der Waals surface area (Å²) in [6, 6.07) is 22.6. The number of halogens is 1. The monoisotopic (exact) mass is 442 g/mol. The summed E-state index contributed by atoms with van der Waals surface area (Å²) in [6.45, 7) is 4.23. The number of aryl methyl sites for hydroxylation is 2. The van der Waals surface area contributed by atoms with E-state index in [4.69, 9.17) is 12.2 Å². The normalized spacial score (nSPS) is 18.1. The molecule has 0 unspecified atom stereocenters. The van der Waals surface area contributed by atoms with Crippen LogP contribution in [0.15, 0.2) is 85.2 Å². The first-order chi connectivity index (χ1) is 15.5. The second-order valence-corrected chi connectivity index (χ2v) is 8.43. The van der Waals surface area contributed by atoms with Crippen molar-refractivity contribution in [1.29, 1.82) is 0 Å². The maximum Gasteiger partial charge on any atom is 0.174 e. The molecule has 32 heavy (non-hydrogen) atoms. The van der Waals surface area contributed by atoms with Crippen LogP contribution in [0.25, 0.3) is 5.69 Å². The molecule has 1 N–H and O–H groups in total. The Morgan fingerprint density at radius 3 is 2.41 bits per heavy atom. The molecule has 160 valence electrons. The molecule has 1 aliphatic rings. The Bertz CT molecular complexity index is 1270. The first-order valence-electron chi connectivity index (χ1n) is 10.5. The van der Waals surface area contributed by atoms with Gasteiger partial charge in [-0.1, -0.05) is 12.1 Å². The minimum absolute atomic E-state index is 0.158. The van der Waals surface area contributed by atoms with Gasteiger partial charge in [-0.3, -0.25) is 4.98 Å². The lowest BCUT2D eigenvalue weighted by atomic mass is 10.0. The molecule has 0 radical (unpaired) electrons. The van der Waals surface area contributed by atoms with Gasteiger partial charge < -0.3 is 14.8 Å². The van der Waals surface area contributed by atoms with Crippen LogP contribution in [-0.2, 0) is 0 Å². The van der Waals surface area contributed by atoms with Crippen molar-refractivity contribution in [3.8, 4) is 5.69 Å². The molecule has 0 aliphatic carbocycles. The first-order valence-corrected chi connectivity index (χ1v) is 10.9. The minimum atomic E-state index is -0.275. The number of pyridine rings is 1. The molecular formula is C26H23FN4S. The molecule has 0 saturated carbocycles. The summed E-state index contributed by atoms with van der Waals surface area (Å²) in [5.41, 5.74) is 6.38. The van der Waals surface area contributed by atoms with E-state index in [0.29, 0.717) is 5.11 Å². The van der Waals surface area contributed by atoms with Gasteiger partial charge in [0.25, 0.3) is 0 Å². The molecule has 0 amide bonds. The van der Waals surface area contributed by atoms with E-state index < -0.39 is 0 Å². The Labute approximate surface area is 192 Å². The smallest absolute Gasteiger partial charge is 0.174 e. The molecule has 5 rings (SSSR count). The summed E-state index contributed by atoms with van der Waals surface area (Å²) in [5, 5.41) is 4.05. The fraction of sp³-hybridized carbons (Fsp3) is 0.154. The summed E-state index contributed by atoms with van der Waals surface area (Å²) < 4.78 is 15.9. The summed E-state index contributed by atoms with van der Waals surface area (Å²) in [6.07, 6.45) is 3.86. The highest BCUT2D eigenvalue weighted by molar-refractivity contribution is 7.80. The van der Waals surface area contributed by atoms with Gasteiger partial charge in [-0.2, -0.15) is 0 Å². The number of benzene rings is 2. The lowest BCUT2D eigenvalue weighted by Gasteiger charge is -2.29. The topological polar surface area (TPSA) is 33.1 Å². The van der Waals surface area contributed by atoms with E-state index in [1.807, 2.05) is 24.3 Å². The van der Waals surface area contributed by atoms with Gasteiger partial charge in [0.05, 0.1) is 11.7 Å². The second-order valence-electron chi connectivity index (χ2n) is 8.04. The number of hydrogen-bond donors (Lipinski definition) is 1. The lowest BCUT2D eigenvalue weighted by molar-refractivity contribution is 0.549. The maximum absolute atomic E-state index is 13.7. The quantitative estimate of drug-likeness (QED) is 0.405. The van der Waals surface area contributed by atoms with Crippen LogP contribution in [-0.4, -0.2) is 14.7 Å². The van der Waals surface area contributed by atoms with Crippen molar-refractivity contribution in [2.24, 2.45) is 0 Å². The molecule has 1 saturated heterocycles. The Kier molecular flexibility index (Phi) is 5.23. The molecular weight excluding hydrogens is 419 g/mol. The fourth-order valence-electron chi connectivity index (χ4n) is 4.28. The summed E-state index contributed by atoms with van der Waals surface area (Å²) in [5.74, 6) is -0.275. The number of rotatable bonds is 4. The Balaban J connectivity index is 1.67. The number of aromatic nitrogens is 2. The number of hydrogen-bond acceptors (Lipinski definition) is 2. The van der Waals surface area contributed by atoms with Gasteiger partial charge in [-0.25, -0.2) is 4.39 Å². The van der Waals surface area contributed by atoms with Crippen molar-refractivity contribution in [1.82, 2.24) is 14.9 Å². The molecule has 0 bridgehead atoms. The molecule has 1 fully saturated rings. The van der Waals surface area contributed by atoms with Crippen LogP contribution in [0, 0.1) is 19.7 Å². The zero-order valence-corrected chi connectivity index (χ0v) is 18.7. The summed E-state index contributed by atoms with van der Waals surface area (Å²) >= 11 is 5.77. The van der Waals surface area contributed by atoms with E-state index in [0.717, 1.165) is 22.8 Å². The number of anilines is 1. The number of nitrogens with one attached hydrogen (secondary N) is 1. The van der Waals surface area contributed by atoms with Crippen LogP contribution in [0.3, 0.4) is 0 Å². The van der Waals surface area contributed by atoms with Gasteiger partial charge in [-0.05, 0) is 97.9 Å². The van der Waals surface area contributed by atoms with Crippen molar-refractivity contribution >= 4 is 23.0 Å². The van der Waals surface area contributed by atoms with E-state index in [1.54, 1.807) is 18.3 Å². The van der Waals surface area contributed by atoms with Gasteiger partial charge >= 0.3 is 0 Å². The molecule has 1 aliphatic heterocycles. The predicted octanol–water partition coefficient (Wildman–Crippen LogP) is 5.81. The van der Waals surface area contributed by atoms with Crippen LogP contribution >= 0.6 is 12.2 Å².